The zero-order chi connectivity index (χ0) is 14.5. The number of hydrogen-bond acceptors (Lipinski definition) is 3. The molecule has 0 radical (unpaired) electrons. The largest absolute Gasteiger partial charge is 0.493 e. The van der Waals surface area contributed by atoms with Crippen molar-refractivity contribution < 1.29 is 22.7 Å². The molecular weight excluding hydrogens is 345 g/mol. The lowest BCUT2D eigenvalue weighted by Gasteiger charge is -2.12. The van der Waals surface area contributed by atoms with Crippen molar-refractivity contribution in [2.45, 2.75) is 23.7 Å². The second kappa shape index (κ2) is 7.19. The van der Waals surface area contributed by atoms with Gasteiger partial charge < -0.3 is 4.74 Å². The van der Waals surface area contributed by atoms with E-state index in [9.17, 15) is 18.0 Å². The summed E-state index contributed by atoms with van der Waals surface area (Å²) < 4.78 is 42.5. The minimum atomic E-state index is -4.41. The van der Waals surface area contributed by atoms with Crippen LogP contribution in [0.15, 0.2) is 23.1 Å². The smallest absolute Gasteiger partial charge is 0.446 e. The van der Waals surface area contributed by atoms with Crippen LogP contribution in [0, 0.1) is 0 Å². The van der Waals surface area contributed by atoms with Crippen LogP contribution in [-0.4, -0.2) is 23.2 Å². The van der Waals surface area contributed by atoms with Crippen molar-refractivity contribution in [2.24, 2.45) is 0 Å². The van der Waals surface area contributed by atoms with Gasteiger partial charge in [0.1, 0.15) is 5.75 Å². The van der Waals surface area contributed by atoms with Crippen molar-refractivity contribution in [1.82, 2.24) is 0 Å². The Morgan fingerprint density at radius 2 is 2.11 bits per heavy atom. The molecule has 0 heterocycles. The molecule has 7 heteroatoms. The topological polar surface area (TPSA) is 26.3 Å². The first-order chi connectivity index (χ1) is 8.87. The number of halogens is 4. The van der Waals surface area contributed by atoms with Crippen molar-refractivity contribution >= 4 is 33.5 Å². The van der Waals surface area contributed by atoms with Crippen LogP contribution in [0.2, 0.25) is 0 Å². The SMILES string of the molecule is CCOc1ccc(C(=O)CCBr)cc1SC(F)(F)F. The second-order valence-corrected chi connectivity index (χ2v) is 5.40. The summed E-state index contributed by atoms with van der Waals surface area (Å²) >= 11 is 2.85. The molecule has 19 heavy (non-hydrogen) atoms. The van der Waals surface area contributed by atoms with Crippen molar-refractivity contribution in [3.05, 3.63) is 23.8 Å². The number of benzene rings is 1. The van der Waals surface area contributed by atoms with E-state index in [1.807, 2.05) is 0 Å². The van der Waals surface area contributed by atoms with Crippen LogP contribution >= 0.6 is 27.7 Å². The molecule has 0 aliphatic rings. The molecule has 0 saturated carbocycles. The van der Waals surface area contributed by atoms with E-state index in [0.717, 1.165) is 0 Å². The monoisotopic (exact) mass is 356 g/mol. The summed E-state index contributed by atoms with van der Waals surface area (Å²) in [5, 5.41) is 0.473. The van der Waals surface area contributed by atoms with E-state index in [-0.39, 0.29) is 46.8 Å². The molecule has 0 spiro atoms. The van der Waals surface area contributed by atoms with Crippen LogP contribution in [0.4, 0.5) is 13.2 Å². The summed E-state index contributed by atoms with van der Waals surface area (Å²) in [5.41, 5.74) is -4.15. The van der Waals surface area contributed by atoms with E-state index in [2.05, 4.69) is 15.9 Å². The molecule has 0 N–H and O–H groups in total. The summed E-state index contributed by atoms with van der Waals surface area (Å²) in [4.78, 5) is 11.6. The Kier molecular flexibility index (Phi) is 6.19. The average Bonchev–Trinajstić information content (AvgIpc) is 2.30. The first-order valence-corrected chi connectivity index (χ1v) is 7.43. The predicted molar refractivity (Wildman–Crippen MR) is 72.3 cm³/mol. The zero-order valence-electron chi connectivity index (χ0n) is 10.1. The molecule has 0 aliphatic heterocycles. The lowest BCUT2D eigenvalue weighted by Crippen LogP contribution is -2.04. The van der Waals surface area contributed by atoms with Gasteiger partial charge >= 0.3 is 5.51 Å². The normalized spacial score (nSPS) is 11.4. The van der Waals surface area contributed by atoms with Crippen molar-refractivity contribution in [2.75, 3.05) is 11.9 Å². The van der Waals surface area contributed by atoms with E-state index in [0.29, 0.717) is 5.33 Å². The van der Waals surface area contributed by atoms with Crippen LogP contribution in [0.5, 0.6) is 5.75 Å². The van der Waals surface area contributed by atoms with Gasteiger partial charge in [-0.1, -0.05) is 15.9 Å². The summed E-state index contributed by atoms with van der Waals surface area (Å²) in [6.07, 6.45) is 0.240. The Balaban J connectivity index is 3.07. The van der Waals surface area contributed by atoms with E-state index in [1.54, 1.807) is 6.92 Å². The molecule has 1 aromatic rings. The van der Waals surface area contributed by atoms with Crippen molar-refractivity contribution in [3.63, 3.8) is 0 Å². The first kappa shape index (κ1) is 16.4. The van der Waals surface area contributed by atoms with Gasteiger partial charge in [-0.25, -0.2) is 0 Å². The molecule has 0 bridgehead atoms. The van der Waals surface area contributed by atoms with Crippen LogP contribution in [-0.2, 0) is 0 Å². The Bertz CT molecular complexity index is 449. The molecule has 0 atom stereocenters. The number of carbonyl (C=O) groups excluding carboxylic acids is 1. The highest BCUT2D eigenvalue weighted by atomic mass is 79.9. The van der Waals surface area contributed by atoms with Gasteiger partial charge in [0.25, 0.3) is 0 Å². The van der Waals surface area contributed by atoms with E-state index in [1.165, 1.54) is 18.2 Å². The number of alkyl halides is 4. The highest BCUT2D eigenvalue weighted by molar-refractivity contribution is 9.09. The Morgan fingerprint density at radius 3 is 2.63 bits per heavy atom. The average molecular weight is 357 g/mol. The van der Waals surface area contributed by atoms with Gasteiger partial charge in [-0.3, -0.25) is 4.79 Å². The fraction of sp³-hybridized carbons (Fsp3) is 0.417. The van der Waals surface area contributed by atoms with Gasteiger partial charge in [0.05, 0.1) is 11.5 Å². The minimum Gasteiger partial charge on any atom is -0.493 e. The molecule has 0 aromatic heterocycles. The molecule has 0 aliphatic carbocycles. The number of Topliss-reactive ketones (excluding diaryl/α,β-unsaturated/α-hetero) is 1. The molecule has 0 amide bonds. The highest BCUT2D eigenvalue weighted by Crippen LogP contribution is 2.41. The maximum absolute atomic E-state index is 12.5. The third kappa shape index (κ3) is 5.44. The summed E-state index contributed by atoms with van der Waals surface area (Å²) in [6, 6.07) is 4.11. The zero-order valence-corrected chi connectivity index (χ0v) is 12.5. The van der Waals surface area contributed by atoms with Crippen molar-refractivity contribution in [3.8, 4) is 5.75 Å². The Morgan fingerprint density at radius 1 is 1.42 bits per heavy atom. The van der Waals surface area contributed by atoms with E-state index in [4.69, 9.17) is 4.74 Å². The molecule has 0 unspecified atom stereocenters. The third-order valence-electron chi connectivity index (χ3n) is 2.11. The minimum absolute atomic E-state index is 0.0882. The number of rotatable bonds is 6. The van der Waals surface area contributed by atoms with E-state index >= 15 is 0 Å². The highest BCUT2D eigenvalue weighted by Gasteiger charge is 2.31. The quantitative estimate of drug-likeness (QED) is 0.421. The maximum atomic E-state index is 12.5. The van der Waals surface area contributed by atoms with Gasteiger partial charge in [-0.15, -0.1) is 0 Å². The van der Waals surface area contributed by atoms with Gasteiger partial charge in [0.15, 0.2) is 5.78 Å². The Hall–Kier alpha value is -0.690. The van der Waals surface area contributed by atoms with Gasteiger partial charge in [-0.2, -0.15) is 13.2 Å². The fourth-order valence-electron chi connectivity index (χ4n) is 1.39. The fourth-order valence-corrected chi connectivity index (χ4v) is 2.41. The van der Waals surface area contributed by atoms with Gasteiger partial charge in [0, 0.05) is 17.3 Å². The summed E-state index contributed by atoms with van der Waals surface area (Å²) in [6.45, 7) is 1.95. The van der Waals surface area contributed by atoms with E-state index < -0.39 is 5.51 Å². The van der Waals surface area contributed by atoms with Crippen LogP contribution < -0.4 is 4.74 Å². The van der Waals surface area contributed by atoms with Crippen molar-refractivity contribution in [1.29, 1.82) is 0 Å². The molecule has 1 aromatic carbocycles. The van der Waals surface area contributed by atoms with Crippen LogP contribution in [0.3, 0.4) is 0 Å². The standard InChI is InChI=1S/C12H12BrF3O2S/c1-2-18-10-4-3-8(9(17)5-6-13)7-11(10)19-12(14,15)16/h3-4,7H,2,5-6H2,1H3. The van der Waals surface area contributed by atoms with Crippen LogP contribution in [0.1, 0.15) is 23.7 Å². The number of ether oxygens (including phenoxy) is 1. The molecule has 106 valence electrons. The number of ketones is 1. The summed E-state index contributed by atoms with van der Waals surface area (Å²) in [7, 11) is 0. The number of carbonyl (C=O) groups is 1. The molecule has 0 fully saturated rings. The molecule has 1 rings (SSSR count). The third-order valence-corrected chi connectivity index (χ3v) is 3.28. The second-order valence-electron chi connectivity index (χ2n) is 3.50. The Labute approximate surface area is 121 Å². The number of hydrogen-bond donors (Lipinski definition) is 0. The lowest BCUT2D eigenvalue weighted by atomic mass is 10.1. The molecular formula is C12H12BrF3O2S. The number of thioether (sulfide) groups is 1. The summed E-state index contributed by atoms with van der Waals surface area (Å²) in [5.74, 6) is -0.0656. The molecule has 2 nitrogen and oxygen atoms in total. The van der Waals surface area contributed by atoms with Crippen LogP contribution in [0.25, 0.3) is 0 Å². The molecule has 0 saturated heterocycles. The maximum Gasteiger partial charge on any atom is 0.446 e. The van der Waals surface area contributed by atoms with Gasteiger partial charge in [0.2, 0.25) is 0 Å². The lowest BCUT2D eigenvalue weighted by molar-refractivity contribution is -0.0329. The predicted octanol–water partition coefficient (Wildman–Crippen LogP) is 4.66. The van der Waals surface area contributed by atoms with Gasteiger partial charge in [-0.05, 0) is 36.9 Å². The first-order valence-electron chi connectivity index (χ1n) is 5.49.